The molecule has 19 heavy (non-hydrogen) atoms. The zero-order chi connectivity index (χ0) is 14.6. The van der Waals surface area contributed by atoms with Crippen LogP contribution in [0.1, 0.15) is 38.8 Å². The molecule has 0 aliphatic rings. The van der Waals surface area contributed by atoms with E-state index < -0.39 is 28.8 Å². The van der Waals surface area contributed by atoms with Crippen LogP contribution in [0.4, 0.5) is 13.2 Å². The van der Waals surface area contributed by atoms with Crippen molar-refractivity contribution in [3.63, 3.8) is 0 Å². The first-order valence-corrected chi connectivity index (χ1v) is 5.12. The average Bonchev–Trinajstić information content (AvgIpc) is 2.36. The number of nitriles is 1. The molecular formula is C12H8F3NO3. The molecule has 1 aromatic rings. The zero-order valence-corrected chi connectivity index (χ0v) is 9.75. The minimum atomic E-state index is -4.87. The van der Waals surface area contributed by atoms with Crippen LogP contribution in [0.2, 0.25) is 0 Å². The zero-order valence-electron chi connectivity index (χ0n) is 9.75. The fraction of sp³-hybridized carbons (Fsp3) is 0.250. The summed E-state index contributed by atoms with van der Waals surface area (Å²) < 4.78 is 43.0. The predicted molar refractivity (Wildman–Crippen MR) is 57.5 cm³/mol. The molecule has 0 atom stereocenters. The van der Waals surface area contributed by atoms with Crippen molar-refractivity contribution < 1.29 is 27.5 Å². The second-order valence-electron chi connectivity index (χ2n) is 3.44. The number of hydrogen-bond acceptors (Lipinski definition) is 4. The maximum Gasteiger partial charge on any atom is 0.417 e. The van der Waals surface area contributed by atoms with Crippen LogP contribution in [0.5, 0.6) is 0 Å². The molecule has 0 saturated heterocycles. The maximum absolute atomic E-state index is 12.8. The first-order chi connectivity index (χ1) is 8.85. The number of carbonyl (C=O) groups is 2. The molecule has 0 aromatic heterocycles. The van der Waals surface area contributed by atoms with Crippen molar-refractivity contribution in [3.8, 4) is 6.07 Å². The quantitative estimate of drug-likeness (QED) is 0.626. The summed E-state index contributed by atoms with van der Waals surface area (Å²) in [4.78, 5) is 22.3. The second-order valence-corrected chi connectivity index (χ2v) is 3.44. The molecule has 0 amide bonds. The second kappa shape index (κ2) is 5.52. The van der Waals surface area contributed by atoms with E-state index in [1.165, 1.54) is 13.0 Å². The van der Waals surface area contributed by atoms with Crippen LogP contribution in [0.25, 0.3) is 0 Å². The maximum atomic E-state index is 12.8. The van der Waals surface area contributed by atoms with Gasteiger partial charge in [0.05, 0.1) is 29.4 Å². The van der Waals surface area contributed by atoms with Crippen molar-refractivity contribution >= 4 is 12.3 Å². The molecule has 100 valence electrons. The summed E-state index contributed by atoms with van der Waals surface area (Å²) in [7, 11) is 0. The molecule has 0 radical (unpaired) electrons. The lowest BCUT2D eigenvalue weighted by Gasteiger charge is -2.14. The smallest absolute Gasteiger partial charge is 0.417 e. The van der Waals surface area contributed by atoms with Gasteiger partial charge in [0.25, 0.3) is 0 Å². The summed E-state index contributed by atoms with van der Waals surface area (Å²) in [6.45, 7) is 1.30. The van der Waals surface area contributed by atoms with Crippen LogP contribution in [-0.4, -0.2) is 18.9 Å². The van der Waals surface area contributed by atoms with Gasteiger partial charge in [-0.2, -0.15) is 18.4 Å². The number of esters is 1. The van der Waals surface area contributed by atoms with Gasteiger partial charge in [-0.25, -0.2) is 4.79 Å². The Morgan fingerprint density at radius 3 is 2.53 bits per heavy atom. The number of halogens is 3. The van der Waals surface area contributed by atoms with E-state index in [-0.39, 0.29) is 18.5 Å². The molecule has 4 nitrogen and oxygen atoms in total. The third-order valence-corrected chi connectivity index (χ3v) is 2.21. The molecule has 0 N–H and O–H groups in total. The highest BCUT2D eigenvalue weighted by Crippen LogP contribution is 2.34. The molecule has 0 bridgehead atoms. The summed E-state index contributed by atoms with van der Waals surface area (Å²) in [5.41, 5.74) is -3.11. The third kappa shape index (κ3) is 3.10. The molecule has 0 aliphatic heterocycles. The Hall–Kier alpha value is -2.36. The number of benzene rings is 1. The van der Waals surface area contributed by atoms with Crippen molar-refractivity contribution in [1.82, 2.24) is 0 Å². The summed E-state index contributed by atoms with van der Waals surface area (Å²) in [6.07, 6.45) is -4.78. The van der Waals surface area contributed by atoms with Crippen molar-refractivity contribution in [2.24, 2.45) is 0 Å². The molecule has 0 unspecified atom stereocenters. The molecule has 1 aromatic carbocycles. The minimum absolute atomic E-state index is 0.0856. The Morgan fingerprint density at radius 1 is 1.47 bits per heavy atom. The average molecular weight is 271 g/mol. The number of nitrogens with zero attached hydrogens (tertiary/aromatic N) is 1. The third-order valence-electron chi connectivity index (χ3n) is 2.21. The highest BCUT2D eigenvalue weighted by Gasteiger charge is 2.37. The minimum Gasteiger partial charge on any atom is -0.462 e. The fourth-order valence-corrected chi connectivity index (χ4v) is 1.48. The van der Waals surface area contributed by atoms with Gasteiger partial charge >= 0.3 is 12.1 Å². The lowest BCUT2D eigenvalue weighted by Crippen LogP contribution is -2.18. The fourth-order valence-electron chi connectivity index (χ4n) is 1.48. The normalized spacial score (nSPS) is 10.7. The van der Waals surface area contributed by atoms with Gasteiger partial charge in [-0.1, -0.05) is 0 Å². The van der Waals surface area contributed by atoms with Crippen molar-refractivity contribution in [1.29, 1.82) is 5.26 Å². The predicted octanol–water partition coefficient (Wildman–Crippen LogP) is 2.57. The summed E-state index contributed by atoms with van der Waals surface area (Å²) in [5, 5.41) is 8.63. The molecule has 0 fully saturated rings. The molecule has 0 spiro atoms. The van der Waals surface area contributed by atoms with Gasteiger partial charge < -0.3 is 4.74 Å². The Labute approximate surface area is 106 Å². The first-order valence-electron chi connectivity index (χ1n) is 5.12. The lowest BCUT2D eigenvalue weighted by atomic mass is 9.98. The molecule has 0 heterocycles. The number of alkyl halides is 3. The van der Waals surface area contributed by atoms with Gasteiger partial charge in [0, 0.05) is 5.56 Å². The van der Waals surface area contributed by atoms with Gasteiger partial charge in [0.15, 0.2) is 6.29 Å². The standard InChI is InChI=1S/C12H8F3NO3/c1-2-19-11(18)10-8(6-17)3-7(5-16)4-9(10)12(13,14)15/h3-4,6H,2H2,1H3. The number of carbonyl (C=O) groups excluding carboxylic acids is 2. The SMILES string of the molecule is CCOC(=O)c1c(C=O)cc(C#N)cc1C(F)(F)F. The van der Waals surface area contributed by atoms with Crippen molar-refractivity contribution in [2.45, 2.75) is 13.1 Å². The van der Waals surface area contributed by atoms with Crippen LogP contribution in [0, 0.1) is 11.3 Å². The van der Waals surface area contributed by atoms with Crippen LogP contribution < -0.4 is 0 Å². The molecule has 0 aliphatic carbocycles. The number of aldehydes is 1. The molecule has 7 heteroatoms. The van der Waals surface area contributed by atoms with Crippen LogP contribution in [0.15, 0.2) is 12.1 Å². The summed E-state index contributed by atoms with van der Waals surface area (Å²) in [6, 6.07) is 2.93. The van der Waals surface area contributed by atoms with E-state index in [2.05, 4.69) is 4.74 Å². The van der Waals surface area contributed by atoms with Gasteiger partial charge in [-0.15, -0.1) is 0 Å². The van der Waals surface area contributed by atoms with E-state index in [0.29, 0.717) is 6.07 Å². The largest absolute Gasteiger partial charge is 0.462 e. The van der Waals surface area contributed by atoms with E-state index in [0.717, 1.165) is 6.07 Å². The van der Waals surface area contributed by atoms with E-state index in [1.54, 1.807) is 0 Å². The lowest BCUT2D eigenvalue weighted by molar-refractivity contribution is -0.138. The molecular weight excluding hydrogens is 263 g/mol. The number of ether oxygens (including phenoxy) is 1. The van der Waals surface area contributed by atoms with Crippen molar-refractivity contribution in [3.05, 3.63) is 34.4 Å². The van der Waals surface area contributed by atoms with Crippen molar-refractivity contribution in [2.75, 3.05) is 6.61 Å². The van der Waals surface area contributed by atoms with Crippen LogP contribution in [-0.2, 0) is 10.9 Å². The van der Waals surface area contributed by atoms with Gasteiger partial charge in [0.1, 0.15) is 0 Å². The topological polar surface area (TPSA) is 67.2 Å². The monoisotopic (exact) mass is 271 g/mol. The van der Waals surface area contributed by atoms with E-state index in [9.17, 15) is 22.8 Å². The Balaban J connectivity index is 3.61. The van der Waals surface area contributed by atoms with Crippen LogP contribution >= 0.6 is 0 Å². The Bertz CT molecular complexity index is 559. The molecule has 0 saturated carbocycles. The summed E-state index contributed by atoms with van der Waals surface area (Å²) in [5.74, 6) is -1.25. The Morgan fingerprint density at radius 2 is 2.11 bits per heavy atom. The highest BCUT2D eigenvalue weighted by molar-refractivity contribution is 6.00. The van der Waals surface area contributed by atoms with Gasteiger partial charge in [0.2, 0.25) is 0 Å². The van der Waals surface area contributed by atoms with Gasteiger partial charge in [-0.05, 0) is 19.1 Å². The van der Waals surface area contributed by atoms with Crippen LogP contribution in [0.3, 0.4) is 0 Å². The highest BCUT2D eigenvalue weighted by atomic mass is 19.4. The van der Waals surface area contributed by atoms with E-state index in [1.807, 2.05) is 0 Å². The molecule has 1 rings (SSSR count). The first kappa shape index (κ1) is 14.7. The van der Waals surface area contributed by atoms with E-state index in [4.69, 9.17) is 5.26 Å². The van der Waals surface area contributed by atoms with Gasteiger partial charge in [-0.3, -0.25) is 4.79 Å². The summed E-state index contributed by atoms with van der Waals surface area (Å²) >= 11 is 0. The number of hydrogen-bond donors (Lipinski definition) is 0. The van der Waals surface area contributed by atoms with E-state index >= 15 is 0 Å². The number of rotatable bonds is 3. The Kier molecular flexibility index (Phi) is 4.27.